The minimum absolute atomic E-state index is 0.115. The lowest BCUT2D eigenvalue weighted by Gasteiger charge is -2.15. The van der Waals surface area contributed by atoms with Gasteiger partial charge in [0.2, 0.25) is 0 Å². The number of hydrogen-bond donors (Lipinski definition) is 1. The van der Waals surface area contributed by atoms with Crippen LogP contribution in [-0.2, 0) is 19.1 Å². The first kappa shape index (κ1) is 42.8. The van der Waals surface area contributed by atoms with E-state index in [4.69, 9.17) is 9.47 Å². The molecular formula is C41H64O5. The van der Waals surface area contributed by atoms with Crippen molar-refractivity contribution < 1.29 is 24.2 Å². The second-order valence-corrected chi connectivity index (χ2v) is 11.2. The molecule has 0 saturated carbocycles. The molecule has 0 saturated heterocycles. The van der Waals surface area contributed by atoms with Gasteiger partial charge in [0, 0.05) is 12.8 Å². The number of aliphatic hydroxyl groups is 1. The molecule has 46 heavy (non-hydrogen) atoms. The zero-order valence-electron chi connectivity index (χ0n) is 29.0. The molecule has 0 aromatic heterocycles. The molecule has 5 nitrogen and oxygen atoms in total. The van der Waals surface area contributed by atoms with Gasteiger partial charge in [0.1, 0.15) is 6.61 Å². The highest BCUT2D eigenvalue weighted by atomic mass is 16.6. The maximum atomic E-state index is 12.1. The Hall–Kier alpha value is -3.18. The highest BCUT2D eigenvalue weighted by Crippen LogP contribution is 2.07. The molecule has 5 heteroatoms. The molecule has 0 aromatic rings. The standard InChI is InChI=1S/C41H64O5/c1-3-5-7-9-11-13-15-17-19-20-22-24-26-28-30-32-34-36-41(44)46-39(37-42)38-45-40(43)35-33-31-29-27-25-23-21-18-16-14-12-10-8-6-4-2/h5,7,11-14,17-19,21-22,24-25,27-28,30,39,42H,3-4,6,8-10,15-16,20,23,26,29,31-38H2,1-2H3. The predicted molar refractivity (Wildman–Crippen MR) is 195 cm³/mol. The zero-order valence-corrected chi connectivity index (χ0v) is 29.0. The number of aliphatic hydroxyl groups excluding tert-OH is 1. The summed E-state index contributed by atoms with van der Waals surface area (Å²) in [5.74, 6) is -0.717. The number of allylic oxidation sites excluding steroid dienone is 16. The molecule has 0 aliphatic carbocycles. The number of unbranched alkanes of at least 4 members (excludes halogenated alkanes) is 6. The van der Waals surface area contributed by atoms with Crippen molar-refractivity contribution in [2.24, 2.45) is 0 Å². The summed E-state index contributed by atoms with van der Waals surface area (Å²) in [6.45, 7) is 3.88. The van der Waals surface area contributed by atoms with Crippen LogP contribution in [0.3, 0.4) is 0 Å². The topological polar surface area (TPSA) is 72.8 Å². The van der Waals surface area contributed by atoms with Gasteiger partial charge in [-0.3, -0.25) is 9.59 Å². The van der Waals surface area contributed by atoms with Gasteiger partial charge in [0.25, 0.3) is 0 Å². The summed E-state index contributed by atoms with van der Waals surface area (Å²) in [7, 11) is 0. The van der Waals surface area contributed by atoms with E-state index < -0.39 is 6.10 Å². The smallest absolute Gasteiger partial charge is 0.306 e. The quantitative estimate of drug-likeness (QED) is 0.0482. The lowest BCUT2D eigenvalue weighted by atomic mass is 10.1. The van der Waals surface area contributed by atoms with Gasteiger partial charge in [-0.1, -0.05) is 124 Å². The Morgan fingerprint density at radius 3 is 1.39 bits per heavy atom. The van der Waals surface area contributed by atoms with Gasteiger partial charge >= 0.3 is 11.9 Å². The first-order valence-electron chi connectivity index (χ1n) is 17.8. The van der Waals surface area contributed by atoms with Gasteiger partial charge in [-0.2, -0.15) is 0 Å². The van der Waals surface area contributed by atoms with Gasteiger partial charge in [0.15, 0.2) is 6.10 Å². The van der Waals surface area contributed by atoms with Gasteiger partial charge < -0.3 is 14.6 Å². The van der Waals surface area contributed by atoms with E-state index >= 15 is 0 Å². The number of carbonyl (C=O) groups excluding carboxylic acids is 2. The van der Waals surface area contributed by atoms with E-state index in [1.54, 1.807) is 0 Å². The first-order valence-corrected chi connectivity index (χ1v) is 17.8. The van der Waals surface area contributed by atoms with Crippen molar-refractivity contribution in [1.82, 2.24) is 0 Å². The van der Waals surface area contributed by atoms with E-state index in [1.165, 1.54) is 25.7 Å². The van der Waals surface area contributed by atoms with Crippen molar-refractivity contribution in [2.45, 2.75) is 136 Å². The van der Waals surface area contributed by atoms with Crippen LogP contribution in [0.2, 0.25) is 0 Å². The number of rotatable bonds is 30. The molecule has 0 aliphatic heterocycles. The zero-order chi connectivity index (χ0) is 33.6. The van der Waals surface area contributed by atoms with Crippen molar-refractivity contribution >= 4 is 11.9 Å². The monoisotopic (exact) mass is 636 g/mol. The Morgan fingerprint density at radius 1 is 0.522 bits per heavy atom. The third-order valence-electron chi connectivity index (χ3n) is 6.86. The average Bonchev–Trinajstić information content (AvgIpc) is 3.06. The van der Waals surface area contributed by atoms with Crippen LogP contribution >= 0.6 is 0 Å². The normalized spacial score (nSPS) is 13.4. The fraction of sp³-hybridized carbons (Fsp3) is 0.561. The van der Waals surface area contributed by atoms with Crippen molar-refractivity contribution in [3.63, 3.8) is 0 Å². The second-order valence-electron chi connectivity index (χ2n) is 11.2. The lowest BCUT2D eigenvalue weighted by molar-refractivity contribution is -0.161. The SMILES string of the molecule is CCC=CCC=CCC=CCC=CCC=CCCCC(=O)OC(CO)COC(=O)CCCCC=CCC=CCC=CCCCCC. The van der Waals surface area contributed by atoms with Crippen LogP contribution in [0.25, 0.3) is 0 Å². The predicted octanol–water partition coefficient (Wildman–Crippen LogP) is 10.9. The highest BCUT2D eigenvalue weighted by molar-refractivity contribution is 5.70. The molecule has 1 unspecified atom stereocenters. The van der Waals surface area contributed by atoms with E-state index in [2.05, 4.69) is 111 Å². The van der Waals surface area contributed by atoms with Gasteiger partial charge in [-0.05, 0) is 89.9 Å². The van der Waals surface area contributed by atoms with Gasteiger partial charge in [0.05, 0.1) is 6.61 Å². The molecule has 0 aromatic carbocycles. The minimum atomic E-state index is -0.822. The maximum absolute atomic E-state index is 12.1. The maximum Gasteiger partial charge on any atom is 0.306 e. The van der Waals surface area contributed by atoms with Crippen LogP contribution in [0.1, 0.15) is 129 Å². The van der Waals surface area contributed by atoms with Crippen molar-refractivity contribution in [2.75, 3.05) is 13.2 Å². The summed E-state index contributed by atoms with van der Waals surface area (Å²) in [6, 6.07) is 0. The Labute approximate surface area is 281 Å². The van der Waals surface area contributed by atoms with Crippen LogP contribution < -0.4 is 0 Å². The van der Waals surface area contributed by atoms with Gasteiger partial charge in [-0.25, -0.2) is 0 Å². The summed E-state index contributed by atoms with van der Waals surface area (Å²) < 4.78 is 10.5. The number of ether oxygens (including phenoxy) is 2. The van der Waals surface area contributed by atoms with Crippen LogP contribution in [-0.4, -0.2) is 36.4 Å². The molecule has 1 atom stereocenters. The summed E-state index contributed by atoms with van der Waals surface area (Å²) in [6.07, 6.45) is 50.4. The Morgan fingerprint density at radius 2 is 0.935 bits per heavy atom. The highest BCUT2D eigenvalue weighted by Gasteiger charge is 2.15. The largest absolute Gasteiger partial charge is 0.462 e. The third-order valence-corrected chi connectivity index (χ3v) is 6.86. The number of hydrogen-bond acceptors (Lipinski definition) is 5. The van der Waals surface area contributed by atoms with Crippen LogP contribution in [0.15, 0.2) is 97.2 Å². The average molecular weight is 637 g/mol. The molecule has 258 valence electrons. The van der Waals surface area contributed by atoms with E-state index in [0.29, 0.717) is 12.8 Å². The Balaban J connectivity index is 3.80. The molecule has 0 amide bonds. The summed E-state index contributed by atoms with van der Waals surface area (Å²) in [5, 5.41) is 9.51. The third kappa shape index (κ3) is 33.7. The van der Waals surface area contributed by atoms with Crippen molar-refractivity contribution in [3.05, 3.63) is 97.2 Å². The van der Waals surface area contributed by atoms with E-state index in [1.807, 2.05) is 0 Å². The number of esters is 2. The molecule has 0 spiro atoms. The Kier molecular flexibility index (Phi) is 33.8. The van der Waals surface area contributed by atoms with Gasteiger partial charge in [-0.15, -0.1) is 0 Å². The molecule has 0 fully saturated rings. The molecule has 0 aliphatic rings. The van der Waals surface area contributed by atoms with Crippen molar-refractivity contribution in [1.29, 1.82) is 0 Å². The van der Waals surface area contributed by atoms with E-state index in [-0.39, 0.29) is 31.6 Å². The van der Waals surface area contributed by atoms with E-state index in [0.717, 1.165) is 70.6 Å². The molecule has 0 rings (SSSR count). The second kappa shape index (κ2) is 36.3. The van der Waals surface area contributed by atoms with Crippen LogP contribution in [0.4, 0.5) is 0 Å². The molecule has 0 radical (unpaired) electrons. The summed E-state index contributed by atoms with van der Waals surface area (Å²) >= 11 is 0. The van der Waals surface area contributed by atoms with Crippen LogP contribution in [0, 0.1) is 0 Å². The molecule has 1 N–H and O–H groups in total. The fourth-order valence-corrected chi connectivity index (χ4v) is 4.18. The molecular weight excluding hydrogens is 572 g/mol. The Bertz CT molecular complexity index is 948. The lowest BCUT2D eigenvalue weighted by Crippen LogP contribution is -2.28. The minimum Gasteiger partial charge on any atom is -0.462 e. The van der Waals surface area contributed by atoms with E-state index in [9.17, 15) is 14.7 Å². The summed E-state index contributed by atoms with van der Waals surface area (Å²) in [5.41, 5.74) is 0. The molecule has 0 heterocycles. The number of carbonyl (C=O) groups is 2. The first-order chi connectivity index (χ1) is 22.6. The summed E-state index contributed by atoms with van der Waals surface area (Å²) in [4.78, 5) is 24.1. The molecule has 0 bridgehead atoms. The van der Waals surface area contributed by atoms with Crippen molar-refractivity contribution in [3.8, 4) is 0 Å². The van der Waals surface area contributed by atoms with Crippen LogP contribution in [0.5, 0.6) is 0 Å². The fourth-order valence-electron chi connectivity index (χ4n) is 4.18.